The summed E-state index contributed by atoms with van der Waals surface area (Å²) in [7, 11) is 0. The number of nitrogens with two attached hydrogens (primary N) is 1. The van der Waals surface area contributed by atoms with Gasteiger partial charge in [0.15, 0.2) is 0 Å². The summed E-state index contributed by atoms with van der Waals surface area (Å²) in [5.41, 5.74) is 6.54. The summed E-state index contributed by atoms with van der Waals surface area (Å²) in [6, 6.07) is 2.18. The van der Waals surface area contributed by atoms with E-state index in [2.05, 4.69) is 37.2 Å². The Labute approximate surface area is 146 Å². The lowest BCUT2D eigenvalue weighted by atomic mass is 9.94. The highest BCUT2D eigenvalue weighted by Crippen LogP contribution is 2.31. The highest BCUT2D eigenvalue weighted by Gasteiger charge is 2.18. The molecule has 0 radical (unpaired) electrons. The van der Waals surface area contributed by atoms with E-state index in [1.807, 2.05) is 6.07 Å². The second kappa shape index (κ2) is 8.62. The van der Waals surface area contributed by atoms with Crippen molar-refractivity contribution >= 4 is 49.1 Å². The number of hydrogen-bond donors (Lipinski definition) is 2. The molecule has 0 aliphatic heterocycles. The van der Waals surface area contributed by atoms with Crippen LogP contribution in [0.25, 0.3) is 0 Å². The van der Waals surface area contributed by atoms with Crippen LogP contribution in [-0.2, 0) is 4.74 Å². The van der Waals surface area contributed by atoms with Crippen LogP contribution in [0.5, 0.6) is 0 Å². The molecule has 0 saturated heterocycles. The van der Waals surface area contributed by atoms with Gasteiger partial charge in [-0.2, -0.15) is 0 Å². The molecule has 0 unspecified atom stereocenters. The fourth-order valence-corrected chi connectivity index (χ4v) is 5.16. The van der Waals surface area contributed by atoms with Crippen LogP contribution in [0.4, 0.5) is 0 Å². The number of rotatable bonds is 6. The normalized spacial score (nSPS) is 22.2. The van der Waals surface area contributed by atoms with Crippen molar-refractivity contribution in [3.8, 4) is 0 Å². The third kappa shape index (κ3) is 5.63. The van der Waals surface area contributed by atoms with Gasteiger partial charge < -0.3 is 15.8 Å². The Kier molecular flexibility index (Phi) is 7.15. The van der Waals surface area contributed by atoms with Crippen molar-refractivity contribution in [2.24, 2.45) is 5.73 Å². The molecule has 0 aromatic carbocycles. The van der Waals surface area contributed by atoms with Crippen molar-refractivity contribution in [2.75, 3.05) is 13.2 Å². The molecular formula is C14H20Br2N2O2S. The van der Waals surface area contributed by atoms with Crippen molar-refractivity contribution < 1.29 is 9.53 Å². The highest BCUT2D eigenvalue weighted by molar-refractivity contribution is 9.12. The number of carbonyl (C=O) groups is 1. The van der Waals surface area contributed by atoms with Gasteiger partial charge in [-0.15, -0.1) is 11.3 Å². The molecule has 0 spiro atoms. The monoisotopic (exact) mass is 438 g/mol. The maximum Gasteiger partial charge on any atom is 0.253 e. The number of hydrogen-bond acceptors (Lipinski definition) is 4. The molecule has 0 atom stereocenters. The molecule has 1 saturated carbocycles. The average molecular weight is 440 g/mol. The maximum atomic E-state index is 12.0. The Balaban J connectivity index is 1.59. The molecule has 2 rings (SSSR count). The van der Waals surface area contributed by atoms with Crippen LogP contribution >= 0.6 is 43.2 Å². The van der Waals surface area contributed by atoms with Crippen molar-refractivity contribution in [1.29, 1.82) is 0 Å². The van der Waals surface area contributed by atoms with Gasteiger partial charge in [0.2, 0.25) is 0 Å². The van der Waals surface area contributed by atoms with Crippen molar-refractivity contribution in [3.05, 3.63) is 19.2 Å². The van der Waals surface area contributed by atoms with E-state index in [9.17, 15) is 4.79 Å². The van der Waals surface area contributed by atoms with Gasteiger partial charge in [-0.25, -0.2) is 0 Å². The Morgan fingerprint density at radius 3 is 2.71 bits per heavy atom. The number of thiophene rings is 1. The molecular weight excluding hydrogens is 420 g/mol. The van der Waals surface area contributed by atoms with Gasteiger partial charge in [-0.1, -0.05) is 0 Å². The molecule has 1 aliphatic rings. The summed E-state index contributed by atoms with van der Waals surface area (Å²) in [6.45, 7) is 1.32. The molecule has 4 nitrogen and oxygen atoms in total. The predicted octanol–water partition coefficient (Wildman–Crippen LogP) is 3.68. The Hall–Kier alpha value is 0.0500. The van der Waals surface area contributed by atoms with E-state index < -0.39 is 0 Å². The van der Waals surface area contributed by atoms with Gasteiger partial charge in [-0.05, 0) is 70.0 Å². The summed E-state index contributed by atoms with van der Waals surface area (Å²) in [4.78, 5) is 12.0. The molecule has 7 heteroatoms. The van der Waals surface area contributed by atoms with E-state index in [4.69, 9.17) is 10.5 Å². The first-order valence-electron chi connectivity index (χ1n) is 7.16. The lowest BCUT2D eigenvalue weighted by Gasteiger charge is -2.26. The molecule has 0 bridgehead atoms. The summed E-state index contributed by atoms with van der Waals surface area (Å²) in [5, 5.41) is 2.91. The third-order valence-electron chi connectivity index (χ3n) is 3.58. The predicted molar refractivity (Wildman–Crippen MR) is 92.9 cm³/mol. The number of halogens is 2. The first kappa shape index (κ1) is 17.4. The van der Waals surface area contributed by atoms with Gasteiger partial charge in [0.05, 0.1) is 19.2 Å². The summed E-state index contributed by atoms with van der Waals surface area (Å²) < 4.78 is 7.62. The van der Waals surface area contributed by atoms with Gasteiger partial charge >= 0.3 is 0 Å². The molecule has 1 aromatic rings. The lowest BCUT2D eigenvalue weighted by molar-refractivity contribution is 0.0241. The van der Waals surface area contributed by atoms with Crippen LogP contribution in [0.2, 0.25) is 0 Å². The van der Waals surface area contributed by atoms with Crippen LogP contribution in [-0.4, -0.2) is 31.2 Å². The maximum absolute atomic E-state index is 12.0. The van der Waals surface area contributed by atoms with Gasteiger partial charge in [-0.3, -0.25) is 4.79 Å². The van der Waals surface area contributed by atoms with Crippen LogP contribution in [0, 0.1) is 0 Å². The van der Waals surface area contributed by atoms with E-state index in [1.54, 1.807) is 0 Å². The summed E-state index contributed by atoms with van der Waals surface area (Å²) in [6.07, 6.45) is 5.41. The SMILES string of the molecule is NC1CCC(OCCCNC(=O)c2cc(Br)sc2Br)CC1. The third-order valence-corrected chi connectivity index (χ3v) is 5.92. The number of ether oxygens (including phenoxy) is 1. The summed E-state index contributed by atoms with van der Waals surface area (Å²) >= 11 is 8.26. The second-order valence-corrected chi connectivity index (χ2v) is 9.00. The molecule has 1 amide bonds. The smallest absolute Gasteiger partial charge is 0.253 e. The zero-order valence-corrected chi connectivity index (χ0v) is 15.7. The number of amides is 1. The van der Waals surface area contributed by atoms with Crippen molar-refractivity contribution in [3.63, 3.8) is 0 Å². The average Bonchev–Trinajstić information content (AvgIpc) is 2.79. The van der Waals surface area contributed by atoms with Crippen LogP contribution < -0.4 is 11.1 Å². The van der Waals surface area contributed by atoms with Gasteiger partial charge in [0.25, 0.3) is 5.91 Å². The number of carbonyl (C=O) groups excluding carboxylic acids is 1. The van der Waals surface area contributed by atoms with Crippen molar-refractivity contribution in [2.45, 2.75) is 44.2 Å². The molecule has 1 heterocycles. The van der Waals surface area contributed by atoms with E-state index in [-0.39, 0.29) is 5.91 Å². The zero-order chi connectivity index (χ0) is 15.2. The summed E-state index contributed by atoms with van der Waals surface area (Å²) in [5.74, 6) is -0.0486. The largest absolute Gasteiger partial charge is 0.378 e. The first-order valence-corrected chi connectivity index (χ1v) is 9.56. The molecule has 1 fully saturated rings. The molecule has 118 valence electrons. The Morgan fingerprint density at radius 1 is 1.38 bits per heavy atom. The van der Waals surface area contributed by atoms with E-state index in [0.717, 1.165) is 39.7 Å². The minimum Gasteiger partial charge on any atom is -0.378 e. The minimum atomic E-state index is -0.0486. The van der Waals surface area contributed by atoms with Gasteiger partial charge in [0, 0.05) is 19.2 Å². The Morgan fingerprint density at radius 2 is 2.10 bits per heavy atom. The zero-order valence-electron chi connectivity index (χ0n) is 11.7. The van der Waals surface area contributed by atoms with E-state index in [0.29, 0.717) is 30.9 Å². The van der Waals surface area contributed by atoms with E-state index >= 15 is 0 Å². The fourth-order valence-electron chi connectivity index (χ4n) is 2.37. The van der Waals surface area contributed by atoms with Gasteiger partial charge in [0.1, 0.15) is 0 Å². The topological polar surface area (TPSA) is 64.3 Å². The Bertz CT molecular complexity index is 474. The molecule has 21 heavy (non-hydrogen) atoms. The molecule has 1 aromatic heterocycles. The fraction of sp³-hybridized carbons (Fsp3) is 0.643. The number of nitrogens with one attached hydrogen (secondary N) is 1. The molecule has 1 aliphatic carbocycles. The first-order chi connectivity index (χ1) is 10.1. The highest BCUT2D eigenvalue weighted by atomic mass is 79.9. The minimum absolute atomic E-state index is 0.0486. The molecule has 3 N–H and O–H groups in total. The van der Waals surface area contributed by atoms with Crippen molar-refractivity contribution in [1.82, 2.24) is 5.32 Å². The van der Waals surface area contributed by atoms with E-state index in [1.165, 1.54) is 11.3 Å². The van der Waals surface area contributed by atoms with Crippen LogP contribution in [0.15, 0.2) is 13.6 Å². The second-order valence-electron chi connectivity index (χ2n) is 5.25. The standard InChI is InChI=1S/C14H20Br2N2O2S/c15-12-8-11(13(16)21-12)14(19)18-6-1-7-20-10-4-2-9(17)3-5-10/h8-10H,1-7,17H2,(H,18,19). The quantitative estimate of drug-likeness (QED) is 0.664. The lowest BCUT2D eigenvalue weighted by Crippen LogP contribution is -2.31. The van der Waals surface area contributed by atoms with Crippen LogP contribution in [0.3, 0.4) is 0 Å². The van der Waals surface area contributed by atoms with Crippen LogP contribution in [0.1, 0.15) is 42.5 Å².